The Kier molecular flexibility index (Phi) is 6.26. The zero-order chi connectivity index (χ0) is 18.6. The summed E-state index contributed by atoms with van der Waals surface area (Å²) in [7, 11) is -3.84. The molecule has 1 aromatic carbocycles. The quantitative estimate of drug-likeness (QED) is 0.402. The Hall–Kier alpha value is -1.84. The molecule has 1 heterocycles. The Morgan fingerprint density at radius 1 is 1.40 bits per heavy atom. The summed E-state index contributed by atoms with van der Waals surface area (Å²) in [5.41, 5.74) is 6.51. The van der Waals surface area contributed by atoms with Crippen LogP contribution in [-0.4, -0.2) is 38.2 Å². The zero-order valence-corrected chi connectivity index (χ0v) is 15.5. The van der Waals surface area contributed by atoms with E-state index in [0.717, 1.165) is 12.8 Å². The first-order valence-corrected chi connectivity index (χ1v) is 9.79. The predicted molar refractivity (Wildman–Crippen MR) is 97.9 cm³/mol. The molecule has 1 aromatic rings. The molecule has 0 aliphatic carbocycles. The molecule has 2 rings (SSSR count). The Balaban J connectivity index is 2.27. The maximum Gasteiger partial charge on any atom is 0.344 e. The number of nitrogens with zero attached hydrogens (tertiary/aromatic N) is 1. The highest BCUT2D eigenvalue weighted by atomic mass is 32.2. The van der Waals surface area contributed by atoms with Crippen LogP contribution in [0.1, 0.15) is 39.2 Å². The number of amidine groups is 1. The van der Waals surface area contributed by atoms with Crippen LogP contribution in [0.25, 0.3) is 0 Å². The summed E-state index contributed by atoms with van der Waals surface area (Å²) in [5, 5.41) is 13.5. The van der Waals surface area contributed by atoms with E-state index in [1.807, 2.05) is 13.8 Å². The van der Waals surface area contributed by atoms with Crippen LogP contribution < -0.4 is 20.5 Å². The van der Waals surface area contributed by atoms with Gasteiger partial charge in [-0.15, -0.1) is 4.40 Å². The van der Waals surface area contributed by atoms with E-state index in [1.54, 1.807) is 18.2 Å². The minimum absolute atomic E-state index is 0.0124. The molecule has 1 aliphatic heterocycles. The number of aliphatic hydroxyl groups is 1. The lowest BCUT2D eigenvalue weighted by Crippen LogP contribution is -2.46. The van der Waals surface area contributed by atoms with Gasteiger partial charge in [0, 0.05) is 0 Å². The molecule has 0 saturated carbocycles. The minimum atomic E-state index is -3.84. The monoisotopic (exact) mass is 370 g/mol. The molecule has 25 heavy (non-hydrogen) atoms. The molecule has 9 heteroatoms. The van der Waals surface area contributed by atoms with Gasteiger partial charge in [0.15, 0.2) is 5.84 Å². The van der Waals surface area contributed by atoms with E-state index in [4.69, 9.17) is 10.5 Å². The Labute approximate surface area is 148 Å². The molecule has 140 valence electrons. The fourth-order valence-corrected chi connectivity index (χ4v) is 3.41. The van der Waals surface area contributed by atoms with Gasteiger partial charge in [-0.25, -0.2) is 0 Å². The van der Waals surface area contributed by atoms with Crippen molar-refractivity contribution in [2.75, 3.05) is 11.3 Å². The Morgan fingerprint density at radius 2 is 2.12 bits per heavy atom. The molecular formula is C16H26N4O4S. The second-order valence-electron chi connectivity index (χ2n) is 6.31. The van der Waals surface area contributed by atoms with E-state index >= 15 is 0 Å². The highest BCUT2D eigenvalue weighted by Crippen LogP contribution is 2.32. The second kappa shape index (κ2) is 8.03. The van der Waals surface area contributed by atoms with Crippen molar-refractivity contribution in [1.29, 1.82) is 0 Å². The highest BCUT2D eigenvalue weighted by molar-refractivity contribution is 7.91. The van der Waals surface area contributed by atoms with Gasteiger partial charge >= 0.3 is 10.2 Å². The number of rotatable bonds is 8. The third-order valence-electron chi connectivity index (χ3n) is 3.85. The van der Waals surface area contributed by atoms with Gasteiger partial charge in [-0.3, -0.25) is 10.0 Å². The first-order chi connectivity index (χ1) is 11.7. The summed E-state index contributed by atoms with van der Waals surface area (Å²) in [6.07, 6.45) is 0.575. The van der Waals surface area contributed by atoms with Crippen LogP contribution >= 0.6 is 0 Å². The fraction of sp³-hybridized carbons (Fsp3) is 0.562. The van der Waals surface area contributed by atoms with Crippen molar-refractivity contribution in [3.63, 3.8) is 0 Å². The third kappa shape index (κ3) is 4.83. The highest BCUT2D eigenvalue weighted by Gasteiger charge is 2.29. The van der Waals surface area contributed by atoms with E-state index in [1.165, 1.54) is 0 Å². The summed E-state index contributed by atoms with van der Waals surface area (Å²) in [5.74, 6) is 0.245. The lowest BCUT2D eigenvalue weighted by atomic mass is 10.0. The summed E-state index contributed by atoms with van der Waals surface area (Å²) in [4.78, 5) is 0. The van der Waals surface area contributed by atoms with Gasteiger partial charge in [-0.1, -0.05) is 33.3 Å². The summed E-state index contributed by atoms with van der Waals surface area (Å²) in [6.45, 7) is 6.63. The van der Waals surface area contributed by atoms with Gasteiger partial charge in [0.1, 0.15) is 18.1 Å². The number of benzene rings is 1. The normalized spacial score (nSPS) is 18.0. The summed E-state index contributed by atoms with van der Waals surface area (Å²) < 4.78 is 35.1. The standard InChI is InChI=1S/C16H26N4O4S/c1-4-5-9-18-16(21)14(10(2)3)24-12-8-6-7-11-13(12)15(17)20-25(22,23)19-11/h6-8,10,14,16,18-19,21H,4-5,9H2,1-3H3,(H2,17,20). The molecule has 0 radical (unpaired) electrons. The first-order valence-electron chi connectivity index (χ1n) is 8.35. The van der Waals surface area contributed by atoms with Crippen LogP contribution in [-0.2, 0) is 10.2 Å². The maximum atomic E-state index is 11.7. The average molecular weight is 370 g/mol. The van der Waals surface area contributed by atoms with Crippen LogP contribution in [0.2, 0.25) is 0 Å². The molecule has 0 saturated heterocycles. The summed E-state index contributed by atoms with van der Waals surface area (Å²) in [6, 6.07) is 4.92. The lowest BCUT2D eigenvalue weighted by Gasteiger charge is -2.29. The number of nitrogens with two attached hydrogens (primary N) is 1. The Morgan fingerprint density at radius 3 is 2.76 bits per heavy atom. The van der Waals surface area contributed by atoms with Gasteiger partial charge in [0.25, 0.3) is 0 Å². The SMILES string of the molecule is CCCCNC(O)C(Oc1cccc2c1C(N)=NS(=O)(=O)N2)C(C)C. The van der Waals surface area contributed by atoms with Gasteiger partial charge in [0.05, 0.1) is 11.3 Å². The number of fused-ring (bicyclic) bond motifs is 1. The second-order valence-corrected chi connectivity index (χ2v) is 7.65. The van der Waals surface area contributed by atoms with Gasteiger partial charge < -0.3 is 15.6 Å². The van der Waals surface area contributed by atoms with Crippen molar-refractivity contribution in [2.45, 2.75) is 45.9 Å². The molecule has 0 spiro atoms. The molecule has 0 aromatic heterocycles. The molecule has 5 N–H and O–H groups in total. The van der Waals surface area contributed by atoms with Crippen molar-refractivity contribution >= 4 is 21.7 Å². The van der Waals surface area contributed by atoms with E-state index in [-0.39, 0.29) is 11.8 Å². The lowest BCUT2D eigenvalue weighted by molar-refractivity contribution is -0.0106. The van der Waals surface area contributed by atoms with E-state index in [0.29, 0.717) is 23.5 Å². The Bertz CT molecular complexity index is 734. The summed E-state index contributed by atoms with van der Waals surface area (Å²) >= 11 is 0. The van der Waals surface area contributed by atoms with Crippen molar-refractivity contribution in [3.8, 4) is 5.75 Å². The minimum Gasteiger partial charge on any atom is -0.485 e. The fourth-order valence-electron chi connectivity index (χ4n) is 2.57. The topological polar surface area (TPSA) is 126 Å². The van der Waals surface area contributed by atoms with Crippen molar-refractivity contribution < 1.29 is 18.3 Å². The molecule has 1 aliphatic rings. The molecule has 2 atom stereocenters. The average Bonchev–Trinajstić information content (AvgIpc) is 2.50. The maximum absolute atomic E-state index is 11.7. The van der Waals surface area contributed by atoms with Crippen molar-refractivity contribution in [1.82, 2.24) is 5.32 Å². The number of nitrogens with one attached hydrogen (secondary N) is 2. The molecule has 2 unspecified atom stereocenters. The van der Waals surface area contributed by atoms with Crippen LogP contribution in [0.5, 0.6) is 5.75 Å². The number of hydrogen-bond donors (Lipinski definition) is 4. The molecule has 0 amide bonds. The number of aliphatic hydroxyl groups excluding tert-OH is 1. The predicted octanol–water partition coefficient (Wildman–Crippen LogP) is 1.17. The largest absolute Gasteiger partial charge is 0.485 e. The zero-order valence-electron chi connectivity index (χ0n) is 14.7. The molecule has 0 fully saturated rings. The number of hydrogen-bond acceptors (Lipinski definition) is 6. The van der Waals surface area contributed by atoms with Crippen LogP contribution in [0.4, 0.5) is 5.69 Å². The molecular weight excluding hydrogens is 344 g/mol. The number of ether oxygens (including phenoxy) is 1. The van der Waals surface area contributed by atoms with Gasteiger partial charge in [-0.2, -0.15) is 8.42 Å². The molecule has 0 bridgehead atoms. The number of unbranched alkanes of at least 4 members (excludes halogenated alkanes) is 1. The van der Waals surface area contributed by atoms with E-state index < -0.39 is 22.5 Å². The van der Waals surface area contributed by atoms with Gasteiger partial charge in [0.2, 0.25) is 0 Å². The van der Waals surface area contributed by atoms with Gasteiger partial charge in [-0.05, 0) is 31.0 Å². The number of anilines is 1. The smallest absolute Gasteiger partial charge is 0.344 e. The van der Waals surface area contributed by atoms with Crippen molar-refractivity contribution in [2.24, 2.45) is 16.0 Å². The van der Waals surface area contributed by atoms with Crippen LogP contribution in [0.3, 0.4) is 0 Å². The molecule has 8 nitrogen and oxygen atoms in total. The first kappa shape index (κ1) is 19.5. The van der Waals surface area contributed by atoms with Crippen molar-refractivity contribution in [3.05, 3.63) is 23.8 Å². The van der Waals surface area contributed by atoms with E-state index in [2.05, 4.69) is 21.4 Å². The van der Waals surface area contributed by atoms with Crippen LogP contribution in [0, 0.1) is 5.92 Å². The van der Waals surface area contributed by atoms with Crippen LogP contribution in [0.15, 0.2) is 22.6 Å². The van der Waals surface area contributed by atoms with E-state index in [9.17, 15) is 13.5 Å². The third-order valence-corrected chi connectivity index (χ3v) is 4.77.